The lowest BCUT2D eigenvalue weighted by Crippen LogP contribution is -2.26. The van der Waals surface area contributed by atoms with Crippen molar-refractivity contribution in [3.63, 3.8) is 0 Å². The van der Waals surface area contributed by atoms with Gasteiger partial charge in [0.05, 0.1) is 25.0 Å². The fourth-order valence-electron chi connectivity index (χ4n) is 2.12. The van der Waals surface area contributed by atoms with E-state index in [1.807, 2.05) is 6.07 Å². The Morgan fingerprint density at radius 3 is 2.78 bits per heavy atom. The number of hydrogen-bond donors (Lipinski definition) is 1. The number of ether oxygens (including phenoxy) is 2. The van der Waals surface area contributed by atoms with Crippen molar-refractivity contribution < 1.29 is 19.1 Å². The minimum Gasteiger partial charge on any atom is -0.490 e. The molecule has 1 aromatic heterocycles. The first-order valence-electron chi connectivity index (χ1n) is 7.28. The lowest BCUT2D eigenvalue weighted by Gasteiger charge is -2.27. The number of para-hydroxylation sites is 1. The predicted molar refractivity (Wildman–Crippen MR) is 86.1 cm³/mol. The Hall–Kier alpha value is -2.41. The van der Waals surface area contributed by atoms with Crippen LogP contribution >= 0.6 is 11.3 Å². The Morgan fingerprint density at radius 1 is 1.30 bits per heavy atom. The molecule has 7 heteroatoms. The van der Waals surface area contributed by atoms with Gasteiger partial charge in [-0.1, -0.05) is 23.5 Å². The maximum Gasteiger partial charge on any atom is 0.349 e. The molecule has 1 aliphatic carbocycles. The van der Waals surface area contributed by atoms with E-state index in [4.69, 9.17) is 4.74 Å². The summed E-state index contributed by atoms with van der Waals surface area (Å²) in [5.74, 6) is -0.221. The van der Waals surface area contributed by atoms with Gasteiger partial charge in [0.15, 0.2) is 5.13 Å². The molecular weight excluding hydrogens is 316 g/mol. The molecule has 0 bridgehead atoms. The van der Waals surface area contributed by atoms with E-state index in [1.165, 1.54) is 13.3 Å². The highest BCUT2D eigenvalue weighted by atomic mass is 32.1. The first-order valence-corrected chi connectivity index (χ1v) is 8.10. The van der Waals surface area contributed by atoms with Crippen molar-refractivity contribution in [2.75, 3.05) is 12.4 Å². The number of hydrogen-bond acceptors (Lipinski definition) is 6. The van der Waals surface area contributed by atoms with Crippen molar-refractivity contribution in [1.82, 2.24) is 4.98 Å². The van der Waals surface area contributed by atoms with Gasteiger partial charge in [0, 0.05) is 0 Å². The van der Waals surface area contributed by atoms with E-state index in [2.05, 4.69) is 15.0 Å². The third-order valence-corrected chi connectivity index (χ3v) is 4.48. The number of rotatable bonds is 5. The maximum absolute atomic E-state index is 12.4. The number of methoxy groups -OCH3 is 1. The molecule has 0 atom stereocenters. The van der Waals surface area contributed by atoms with Crippen LogP contribution in [-0.4, -0.2) is 30.1 Å². The minimum absolute atomic E-state index is 0.190. The zero-order valence-corrected chi connectivity index (χ0v) is 13.4. The quantitative estimate of drug-likeness (QED) is 0.851. The summed E-state index contributed by atoms with van der Waals surface area (Å²) >= 11 is 1.07. The second-order valence-electron chi connectivity index (χ2n) is 5.14. The molecule has 2 aromatic rings. The van der Waals surface area contributed by atoms with Gasteiger partial charge in [-0.3, -0.25) is 10.1 Å². The summed E-state index contributed by atoms with van der Waals surface area (Å²) in [7, 11) is 1.30. The number of aromatic nitrogens is 1. The third-order valence-electron chi connectivity index (χ3n) is 3.59. The summed E-state index contributed by atoms with van der Waals surface area (Å²) in [6.07, 6.45) is 4.77. The third kappa shape index (κ3) is 3.50. The van der Waals surface area contributed by atoms with Crippen LogP contribution < -0.4 is 10.1 Å². The van der Waals surface area contributed by atoms with Crippen LogP contribution in [0.2, 0.25) is 0 Å². The smallest absolute Gasteiger partial charge is 0.349 e. The molecule has 0 aliphatic heterocycles. The van der Waals surface area contributed by atoms with Crippen LogP contribution in [0.1, 0.15) is 39.3 Å². The highest BCUT2D eigenvalue weighted by Gasteiger charge is 2.22. The summed E-state index contributed by atoms with van der Waals surface area (Å²) in [6, 6.07) is 7.11. The SMILES string of the molecule is COC(=O)c1cnc(NC(=O)c2ccccc2OC2CCC2)s1. The van der Waals surface area contributed by atoms with Crippen LogP contribution in [0.25, 0.3) is 0 Å². The average Bonchev–Trinajstić information content (AvgIpc) is 2.99. The van der Waals surface area contributed by atoms with Gasteiger partial charge < -0.3 is 9.47 Å². The molecular formula is C16H16N2O4S. The van der Waals surface area contributed by atoms with Gasteiger partial charge in [-0.05, 0) is 31.4 Å². The van der Waals surface area contributed by atoms with Gasteiger partial charge in [0.1, 0.15) is 10.6 Å². The van der Waals surface area contributed by atoms with E-state index in [9.17, 15) is 9.59 Å². The molecule has 0 spiro atoms. The van der Waals surface area contributed by atoms with Gasteiger partial charge in [-0.25, -0.2) is 9.78 Å². The number of nitrogens with zero attached hydrogens (tertiary/aromatic N) is 1. The van der Waals surface area contributed by atoms with Gasteiger partial charge in [0.25, 0.3) is 5.91 Å². The summed E-state index contributed by atoms with van der Waals surface area (Å²) in [4.78, 5) is 28.2. The number of benzene rings is 1. The normalized spacial score (nSPS) is 14.0. The molecule has 1 amide bonds. The zero-order valence-electron chi connectivity index (χ0n) is 12.6. The molecule has 1 saturated carbocycles. The summed E-state index contributed by atoms with van der Waals surface area (Å²) in [5, 5.41) is 3.03. The molecule has 1 N–H and O–H groups in total. The standard InChI is InChI=1S/C16H16N2O4S/c1-21-15(20)13-9-17-16(23-13)18-14(19)11-7-2-3-8-12(11)22-10-5-4-6-10/h2-3,7-10H,4-6H2,1H3,(H,17,18,19). The molecule has 0 unspecified atom stereocenters. The molecule has 3 rings (SSSR count). The number of carbonyl (C=O) groups excluding carboxylic acids is 2. The number of anilines is 1. The first-order chi connectivity index (χ1) is 11.2. The van der Waals surface area contributed by atoms with Crippen LogP contribution in [0.3, 0.4) is 0 Å². The molecule has 0 saturated heterocycles. The van der Waals surface area contributed by atoms with Crippen molar-refractivity contribution in [2.24, 2.45) is 0 Å². The summed E-state index contributed by atoms with van der Waals surface area (Å²) in [5.41, 5.74) is 0.453. The fraction of sp³-hybridized carbons (Fsp3) is 0.312. The topological polar surface area (TPSA) is 77.5 Å². The Bertz CT molecular complexity index is 724. The van der Waals surface area contributed by atoms with Crippen molar-refractivity contribution in [1.29, 1.82) is 0 Å². The van der Waals surface area contributed by atoms with E-state index in [-0.39, 0.29) is 12.0 Å². The van der Waals surface area contributed by atoms with E-state index in [0.717, 1.165) is 30.6 Å². The molecule has 1 heterocycles. The second-order valence-corrected chi connectivity index (χ2v) is 6.17. The molecule has 1 aliphatic rings. The predicted octanol–water partition coefficient (Wildman–Crippen LogP) is 3.11. The maximum atomic E-state index is 12.4. The van der Waals surface area contributed by atoms with Crippen molar-refractivity contribution in [3.8, 4) is 5.75 Å². The van der Waals surface area contributed by atoms with Crippen LogP contribution in [0.15, 0.2) is 30.5 Å². The van der Waals surface area contributed by atoms with E-state index in [0.29, 0.717) is 21.3 Å². The lowest BCUT2D eigenvalue weighted by atomic mass is 9.96. The van der Waals surface area contributed by atoms with E-state index in [1.54, 1.807) is 18.2 Å². The molecule has 1 aromatic carbocycles. The molecule has 1 fully saturated rings. The molecule has 0 radical (unpaired) electrons. The molecule has 120 valence electrons. The van der Waals surface area contributed by atoms with Crippen LogP contribution in [0.4, 0.5) is 5.13 Å². The van der Waals surface area contributed by atoms with Crippen LogP contribution in [0, 0.1) is 0 Å². The van der Waals surface area contributed by atoms with Crippen molar-refractivity contribution in [2.45, 2.75) is 25.4 Å². The molecule has 6 nitrogen and oxygen atoms in total. The summed E-state index contributed by atoms with van der Waals surface area (Å²) in [6.45, 7) is 0. The highest BCUT2D eigenvalue weighted by molar-refractivity contribution is 7.17. The van der Waals surface area contributed by atoms with Gasteiger partial charge in [-0.2, -0.15) is 0 Å². The minimum atomic E-state index is -0.475. The van der Waals surface area contributed by atoms with Crippen LogP contribution in [0.5, 0.6) is 5.75 Å². The van der Waals surface area contributed by atoms with Gasteiger partial charge in [0.2, 0.25) is 0 Å². The van der Waals surface area contributed by atoms with Crippen molar-refractivity contribution >= 4 is 28.3 Å². The van der Waals surface area contributed by atoms with Gasteiger partial charge in [-0.15, -0.1) is 0 Å². The Morgan fingerprint density at radius 2 is 2.09 bits per heavy atom. The zero-order chi connectivity index (χ0) is 16.2. The largest absolute Gasteiger partial charge is 0.490 e. The van der Waals surface area contributed by atoms with E-state index < -0.39 is 5.97 Å². The van der Waals surface area contributed by atoms with Crippen molar-refractivity contribution in [3.05, 3.63) is 40.9 Å². The number of amides is 1. The number of carbonyl (C=O) groups is 2. The van der Waals surface area contributed by atoms with Crippen LogP contribution in [-0.2, 0) is 4.74 Å². The molecule has 23 heavy (non-hydrogen) atoms. The van der Waals surface area contributed by atoms with E-state index >= 15 is 0 Å². The first kappa shape index (κ1) is 15.5. The summed E-state index contributed by atoms with van der Waals surface area (Å²) < 4.78 is 10.5. The Labute approximate surface area is 137 Å². The lowest BCUT2D eigenvalue weighted by molar-refractivity contribution is 0.0606. The second kappa shape index (κ2) is 6.78. The Kier molecular flexibility index (Phi) is 4.57. The van der Waals surface area contributed by atoms with Gasteiger partial charge >= 0.3 is 5.97 Å². The Balaban J connectivity index is 1.72. The average molecular weight is 332 g/mol. The number of thiazole rings is 1. The fourth-order valence-corrected chi connectivity index (χ4v) is 2.85. The number of esters is 1. The monoisotopic (exact) mass is 332 g/mol. The number of nitrogens with one attached hydrogen (secondary N) is 1. The highest BCUT2D eigenvalue weighted by Crippen LogP contribution is 2.28.